The highest BCUT2D eigenvalue weighted by atomic mass is 16.1. The van der Waals surface area contributed by atoms with E-state index < -0.39 is 0 Å². The maximum absolute atomic E-state index is 12.3. The summed E-state index contributed by atoms with van der Waals surface area (Å²) in [5.74, 6) is -0.00310. The molecular weight excluding hydrogens is 368 g/mol. The van der Waals surface area contributed by atoms with E-state index in [0.717, 1.165) is 49.1 Å². The predicted molar refractivity (Wildman–Crippen MR) is 115 cm³/mol. The zero-order chi connectivity index (χ0) is 20.6. The maximum atomic E-state index is 12.3. The molecular formula is C20H28N8O. The minimum absolute atomic E-state index is 0.00310. The van der Waals surface area contributed by atoms with Crippen LogP contribution in [0.3, 0.4) is 0 Å². The molecule has 0 saturated heterocycles. The summed E-state index contributed by atoms with van der Waals surface area (Å²) < 4.78 is 1.56. The number of guanidine groups is 1. The lowest BCUT2D eigenvalue weighted by molar-refractivity contribution is 0.260. The van der Waals surface area contributed by atoms with E-state index in [2.05, 4.69) is 20.2 Å². The smallest absolute Gasteiger partial charge is 0.354 e. The fourth-order valence-corrected chi connectivity index (χ4v) is 3.23. The third-order valence-corrected chi connectivity index (χ3v) is 4.70. The van der Waals surface area contributed by atoms with Crippen molar-refractivity contribution < 1.29 is 0 Å². The summed E-state index contributed by atoms with van der Waals surface area (Å²) in [4.78, 5) is 21.6. The summed E-state index contributed by atoms with van der Waals surface area (Å²) in [6, 6.07) is 9.84. The second-order valence-corrected chi connectivity index (χ2v) is 6.95. The van der Waals surface area contributed by atoms with Gasteiger partial charge in [-0.1, -0.05) is 12.1 Å². The molecule has 7 N–H and O–H groups in total. The molecule has 9 nitrogen and oxygen atoms in total. The molecule has 9 heteroatoms. The Kier molecular flexibility index (Phi) is 6.99. The fraction of sp³-hybridized carbons (Fsp3) is 0.350. The van der Waals surface area contributed by atoms with Crippen LogP contribution in [0.4, 0.5) is 0 Å². The van der Waals surface area contributed by atoms with Gasteiger partial charge in [-0.3, -0.25) is 14.9 Å². The van der Waals surface area contributed by atoms with Crippen molar-refractivity contribution in [3.8, 4) is 5.69 Å². The maximum Gasteiger partial charge on any atom is 0.354 e. The number of hydrogen-bond acceptors (Lipinski definition) is 5. The van der Waals surface area contributed by atoms with Crippen molar-refractivity contribution in [2.75, 3.05) is 26.2 Å². The Bertz CT molecular complexity index is 992. The van der Waals surface area contributed by atoms with E-state index in [9.17, 15) is 4.79 Å². The molecule has 0 unspecified atom stereocenters. The van der Waals surface area contributed by atoms with Crippen LogP contribution < -0.4 is 22.5 Å². The van der Waals surface area contributed by atoms with E-state index in [1.165, 1.54) is 0 Å². The first-order valence-corrected chi connectivity index (χ1v) is 9.73. The molecule has 3 rings (SSSR count). The number of nitrogens with one attached hydrogen (secondary N) is 3. The average Bonchev–Trinajstić information content (AvgIpc) is 3.16. The van der Waals surface area contributed by atoms with Gasteiger partial charge in [0.1, 0.15) is 5.65 Å². The molecule has 0 aliphatic heterocycles. The molecule has 0 amide bonds. The lowest BCUT2D eigenvalue weighted by Gasteiger charge is -2.22. The number of benzene rings is 1. The summed E-state index contributed by atoms with van der Waals surface area (Å²) in [6.45, 7) is 3.91. The van der Waals surface area contributed by atoms with Gasteiger partial charge >= 0.3 is 5.69 Å². The number of H-pyrrole nitrogens is 1. The highest BCUT2D eigenvalue weighted by Gasteiger charge is 2.08. The second-order valence-electron chi connectivity index (χ2n) is 6.95. The van der Waals surface area contributed by atoms with Crippen LogP contribution in [0, 0.1) is 5.41 Å². The van der Waals surface area contributed by atoms with E-state index in [-0.39, 0.29) is 11.6 Å². The van der Waals surface area contributed by atoms with Crippen molar-refractivity contribution >= 4 is 17.0 Å². The Morgan fingerprint density at radius 1 is 1.21 bits per heavy atom. The minimum atomic E-state index is -0.310. The van der Waals surface area contributed by atoms with Crippen LogP contribution in [0.1, 0.15) is 18.4 Å². The van der Waals surface area contributed by atoms with Crippen LogP contribution in [-0.2, 0) is 6.54 Å². The molecule has 2 heterocycles. The standard InChI is InChI=1S/C20H28N8O/c21-8-1-11-27(12-2-9-25-19(22)23)13-15-3-5-17(6-4-15)28-14-16-7-10-24-18(16)26-20(28)29/h3-7,10,14H,1-2,8-9,11-13,21H2,(H4,22,23,25)(H,24,26,29). The Morgan fingerprint density at radius 2 is 1.97 bits per heavy atom. The van der Waals surface area contributed by atoms with Crippen molar-refractivity contribution in [1.82, 2.24) is 24.8 Å². The Morgan fingerprint density at radius 3 is 2.69 bits per heavy atom. The number of fused-ring (bicyclic) bond motifs is 1. The number of rotatable bonds is 10. The van der Waals surface area contributed by atoms with Gasteiger partial charge in [0.25, 0.3) is 0 Å². The SMILES string of the molecule is N=C(N)NCCCN(CCCN)Cc1ccc(-n2cc3cc[nH]c3nc2=O)cc1. The van der Waals surface area contributed by atoms with Crippen molar-refractivity contribution in [2.45, 2.75) is 19.4 Å². The first-order valence-electron chi connectivity index (χ1n) is 9.73. The van der Waals surface area contributed by atoms with E-state index in [1.807, 2.05) is 30.3 Å². The van der Waals surface area contributed by atoms with Crippen LogP contribution in [-0.4, -0.2) is 51.6 Å². The predicted octanol–water partition coefficient (Wildman–Crippen LogP) is 0.738. The summed E-state index contributed by atoms with van der Waals surface area (Å²) in [5.41, 5.74) is 13.2. The summed E-state index contributed by atoms with van der Waals surface area (Å²) in [7, 11) is 0. The molecule has 0 saturated carbocycles. The van der Waals surface area contributed by atoms with Gasteiger partial charge in [0, 0.05) is 37.4 Å². The molecule has 0 aliphatic carbocycles. The number of aromatic amines is 1. The van der Waals surface area contributed by atoms with Crippen molar-refractivity contribution in [3.63, 3.8) is 0 Å². The van der Waals surface area contributed by atoms with Crippen LogP contribution >= 0.6 is 0 Å². The number of nitrogens with two attached hydrogens (primary N) is 2. The first kappa shape index (κ1) is 20.6. The molecule has 0 radical (unpaired) electrons. The molecule has 1 aromatic carbocycles. The molecule has 29 heavy (non-hydrogen) atoms. The topological polar surface area (TPSA) is 142 Å². The third kappa shape index (κ3) is 5.66. The zero-order valence-corrected chi connectivity index (χ0v) is 16.4. The van der Waals surface area contributed by atoms with E-state index in [0.29, 0.717) is 18.7 Å². The summed E-state index contributed by atoms with van der Waals surface area (Å²) >= 11 is 0. The van der Waals surface area contributed by atoms with Crippen LogP contribution in [0.25, 0.3) is 16.7 Å². The monoisotopic (exact) mass is 396 g/mol. The van der Waals surface area contributed by atoms with Gasteiger partial charge in [0.2, 0.25) is 0 Å². The lowest BCUT2D eigenvalue weighted by atomic mass is 10.1. The fourth-order valence-electron chi connectivity index (χ4n) is 3.23. The van der Waals surface area contributed by atoms with Crippen LogP contribution in [0.5, 0.6) is 0 Å². The molecule has 0 aliphatic rings. The van der Waals surface area contributed by atoms with E-state index in [4.69, 9.17) is 16.9 Å². The van der Waals surface area contributed by atoms with Gasteiger partial charge in [-0.2, -0.15) is 4.98 Å². The van der Waals surface area contributed by atoms with Gasteiger partial charge in [-0.15, -0.1) is 0 Å². The molecule has 3 aromatic rings. The highest BCUT2D eigenvalue weighted by molar-refractivity contribution is 5.74. The van der Waals surface area contributed by atoms with Crippen molar-refractivity contribution in [1.29, 1.82) is 5.41 Å². The normalized spacial score (nSPS) is 11.2. The van der Waals surface area contributed by atoms with Gasteiger partial charge < -0.3 is 21.8 Å². The van der Waals surface area contributed by atoms with Gasteiger partial charge in [0.05, 0.1) is 5.69 Å². The molecule has 0 atom stereocenters. The Balaban J connectivity index is 1.67. The molecule has 0 fully saturated rings. The number of nitrogens with zero attached hydrogens (tertiary/aromatic N) is 3. The lowest BCUT2D eigenvalue weighted by Crippen LogP contribution is -2.34. The molecule has 2 aromatic heterocycles. The minimum Gasteiger partial charge on any atom is -0.370 e. The van der Waals surface area contributed by atoms with Crippen LogP contribution in [0.15, 0.2) is 47.5 Å². The largest absolute Gasteiger partial charge is 0.370 e. The van der Waals surface area contributed by atoms with Crippen LogP contribution in [0.2, 0.25) is 0 Å². The molecule has 154 valence electrons. The van der Waals surface area contributed by atoms with Crippen molar-refractivity contribution in [2.24, 2.45) is 11.5 Å². The van der Waals surface area contributed by atoms with E-state index >= 15 is 0 Å². The Hall–Kier alpha value is -3.17. The van der Waals surface area contributed by atoms with Gasteiger partial charge in [0.15, 0.2) is 5.96 Å². The Labute approximate surface area is 169 Å². The quantitative estimate of drug-likeness (QED) is 0.194. The van der Waals surface area contributed by atoms with Gasteiger partial charge in [-0.25, -0.2) is 4.79 Å². The number of aromatic nitrogens is 3. The van der Waals surface area contributed by atoms with E-state index in [1.54, 1.807) is 17.0 Å². The zero-order valence-electron chi connectivity index (χ0n) is 16.4. The summed E-state index contributed by atoms with van der Waals surface area (Å²) in [5, 5.41) is 10.9. The second kappa shape index (κ2) is 9.85. The molecule has 0 bridgehead atoms. The first-order chi connectivity index (χ1) is 14.1. The van der Waals surface area contributed by atoms with Crippen molar-refractivity contribution in [3.05, 3.63) is 58.8 Å². The summed E-state index contributed by atoms with van der Waals surface area (Å²) in [6.07, 6.45) is 5.38. The molecule has 0 spiro atoms. The third-order valence-electron chi connectivity index (χ3n) is 4.70. The number of hydrogen-bond donors (Lipinski definition) is 5. The average molecular weight is 396 g/mol. The van der Waals surface area contributed by atoms with Gasteiger partial charge in [-0.05, 0) is 49.7 Å². The highest BCUT2D eigenvalue weighted by Crippen LogP contribution is 2.13.